The monoisotopic (exact) mass is 362 g/mol. The fourth-order valence-corrected chi connectivity index (χ4v) is 7.20. The van der Waals surface area contributed by atoms with Crippen molar-refractivity contribution in [1.29, 1.82) is 0 Å². The molecule has 0 heterocycles. The number of rotatable bonds is 1. The lowest BCUT2D eigenvalue weighted by atomic mass is 9.43. The number of hydrogen-bond donors (Lipinski definition) is 3. The lowest BCUT2D eigenvalue weighted by Gasteiger charge is -2.64. The zero-order valence-corrected chi connectivity index (χ0v) is 15.9. The number of carbonyl (C=O) groups excluding carboxylic acids is 2. The molecule has 4 aliphatic carbocycles. The Kier molecular flexibility index (Phi) is 3.71. The second kappa shape index (κ2) is 5.27. The van der Waals surface area contributed by atoms with Gasteiger partial charge in [-0.05, 0) is 63.4 Å². The normalized spacial score (nSPS) is 53.4. The molecule has 5 nitrogen and oxygen atoms in total. The number of aliphatic hydroxyl groups excluding tert-OH is 1. The molecule has 0 saturated heterocycles. The Bertz CT molecular complexity index is 713. The summed E-state index contributed by atoms with van der Waals surface area (Å²) in [4.78, 5) is 24.2. The van der Waals surface area contributed by atoms with Crippen molar-refractivity contribution in [3.63, 3.8) is 0 Å². The summed E-state index contributed by atoms with van der Waals surface area (Å²) >= 11 is 0. The summed E-state index contributed by atoms with van der Waals surface area (Å²) in [5.41, 5.74) is -3.14. The smallest absolute Gasteiger partial charge is 0.161 e. The second-order valence-electron chi connectivity index (χ2n) is 9.64. The summed E-state index contributed by atoms with van der Waals surface area (Å²) in [7, 11) is 0. The maximum Gasteiger partial charge on any atom is 0.161 e. The van der Waals surface area contributed by atoms with E-state index >= 15 is 0 Å². The Hall–Kier alpha value is -1.04. The first-order valence-electron chi connectivity index (χ1n) is 9.88. The maximum atomic E-state index is 12.3. The van der Waals surface area contributed by atoms with Gasteiger partial charge in [-0.15, -0.1) is 0 Å². The second-order valence-corrected chi connectivity index (χ2v) is 9.64. The summed E-state index contributed by atoms with van der Waals surface area (Å²) in [6.07, 6.45) is 4.27. The molecule has 0 bridgehead atoms. The van der Waals surface area contributed by atoms with Crippen LogP contribution in [0.2, 0.25) is 0 Å². The minimum Gasteiger partial charge on any atom is -0.390 e. The molecule has 2 unspecified atom stereocenters. The predicted octanol–water partition coefficient (Wildman–Crippen LogP) is 1.92. The quantitative estimate of drug-likeness (QED) is 0.662. The van der Waals surface area contributed by atoms with Gasteiger partial charge < -0.3 is 15.3 Å². The molecule has 3 N–H and O–H groups in total. The van der Waals surface area contributed by atoms with Gasteiger partial charge in [-0.25, -0.2) is 0 Å². The number of ketones is 2. The van der Waals surface area contributed by atoms with Gasteiger partial charge in [0, 0.05) is 17.3 Å². The van der Waals surface area contributed by atoms with E-state index in [0.29, 0.717) is 32.1 Å². The highest BCUT2D eigenvalue weighted by Gasteiger charge is 2.72. The van der Waals surface area contributed by atoms with E-state index in [2.05, 4.69) is 0 Å². The van der Waals surface area contributed by atoms with E-state index in [-0.39, 0.29) is 29.8 Å². The lowest BCUT2D eigenvalue weighted by Crippen LogP contribution is -2.71. The highest BCUT2D eigenvalue weighted by atomic mass is 16.3. The zero-order chi connectivity index (χ0) is 19.1. The number of hydrogen-bond acceptors (Lipinski definition) is 5. The van der Waals surface area contributed by atoms with E-state index in [9.17, 15) is 24.9 Å². The molecular formula is C21H30O5. The minimum atomic E-state index is -1.43. The van der Waals surface area contributed by atoms with Crippen molar-refractivity contribution in [3.05, 3.63) is 11.6 Å². The highest BCUT2D eigenvalue weighted by Crippen LogP contribution is 2.69. The number of fused-ring (bicyclic) bond motifs is 5. The first-order chi connectivity index (χ1) is 12.0. The number of aliphatic hydroxyl groups is 3. The molecule has 4 rings (SSSR count). The maximum absolute atomic E-state index is 12.3. The van der Waals surface area contributed by atoms with E-state index in [1.54, 1.807) is 6.08 Å². The van der Waals surface area contributed by atoms with Crippen LogP contribution in [0.5, 0.6) is 0 Å². The molecule has 0 aromatic heterocycles. The van der Waals surface area contributed by atoms with Gasteiger partial charge in [0.2, 0.25) is 0 Å². The molecule has 4 aliphatic rings. The van der Waals surface area contributed by atoms with Crippen molar-refractivity contribution in [1.82, 2.24) is 0 Å². The van der Waals surface area contributed by atoms with Gasteiger partial charge in [-0.2, -0.15) is 0 Å². The molecule has 0 spiro atoms. The van der Waals surface area contributed by atoms with Crippen molar-refractivity contribution >= 4 is 11.6 Å². The fraction of sp³-hybridized carbons (Fsp3) is 0.810. The molecule has 0 amide bonds. The number of Topliss-reactive ketones (excluding diaryl/α,β-unsaturated/α-hetero) is 1. The fourth-order valence-electron chi connectivity index (χ4n) is 7.20. The van der Waals surface area contributed by atoms with Gasteiger partial charge in [0.1, 0.15) is 11.2 Å². The van der Waals surface area contributed by atoms with Crippen LogP contribution in [0.1, 0.15) is 65.7 Å². The minimum absolute atomic E-state index is 0.0131. The average Bonchev–Trinajstić information content (AvgIpc) is 2.83. The highest BCUT2D eigenvalue weighted by molar-refractivity contribution is 5.91. The summed E-state index contributed by atoms with van der Waals surface area (Å²) in [6.45, 7) is 5.32. The first-order valence-corrected chi connectivity index (χ1v) is 9.88. The van der Waals surface area contributed by atoms with E-state index < -0.39 is 28.1 Å². The SMILES string of the molecule is CC(=O)[C@@]1(O)CC[C@@H]2C3CCC4=CC(=O)CC[C@]4(C)C3(O)[C@@H](O)C[C@@]21C. The number of carbonyl (C=O) groups is 2. The van der Waals surface area contributed by atoms with Gasteiger partial charge in [0.25, 0.3) is 0 Å². The van der Waals surface area contributed by atoms with Gasteiger partial charge in [0.15, 0.2) is 11.6 Å². The lowest BCUT2D eigenvalue weighted by molar-refractivity contribution is -0.258. The van der Waals surface area contributed by atoms with Crippen LogP contribution in [0.4, 0.5) is 0 Å². The van der Waals surface area contributed by atoms with Crippen LogP contribution >= 0.6 is 0 Å². The van der Waals surface area contributed by atoms with Crippen LogP contribution in [0.3, 0.4) is 0 Å². The van der Waals surface area contributed by atoms with Crippen molar-refractivity contribution in [2.45, 2.75) is 83.0 Å². The van der Waals surface area contributed by atoms with Gasteiger partial charge in [-0.1, -0.05) is 19.4 Å². The molecule has 3 fully saturated rings. The average molecular weight is 362 g/mol. The van der Waals surface area contributed by atoms with Crippen LogP contribution in [0, 0.1) is 22.7 Å². The summed E-state index contributed by atoms with van der Waals surface area (Å²) in [5, 5.41) is 34.2. The van der Waals surface area contributed by atoms with Crippen molar-refractivity contribution < 1.29 is 24.9 Å². The van der Waals surface area contributed by atoms with E-state index in [0.717, 1.165) is 12.0 Å². The Balaban J connectivity index is 1.82. The van der Waals surface area contributed by atoms with Crippen LogP contribution in [-0.4, -0.2) is 44.2 Å². The van der Waals surface area contributed by atoms with E-state index in [1.165, 1.54) is 6.92 Å². The predicted molar refractivity (Wildman–Crippen MR) is 95.2 cm³/mol. The summed E-state index contributed by atoms with van der Waals surface area (Å²) in [6, 6.07) is 0. The van der Waals surface area contributed by atoms with Crippen LogP contribution < -0.4 is 0 Å². The largest absolute Gasteiger partial charge is 0.390 e. The van der Waals surface area contributed by atoms with Gasteiger partial charge in [-0.3, -0.25) is 9.59 Å². The standard InChI is InChI=1S/C21H30O5/c1-12(22)20(25)9-7-15-16-5-4-13-10-14(23)6-8-18(13,2)21(16,26)17(24)11-19(15,20)3/h10,15-17,24-26H,4-9,11H2,1-3H3/t15-,16?,17+,18+,19+,20+,21?/m1/s1. The Morgan fingerprint density at radius 1 is 1.12 bits per heavy atom. The molecule has 0 aromatic rings. The Morgan fingerprint density at radius 2 is 1.81 bits per heavy atom. The molecular weight excluding hydrogens is 332 g/mol. The molecule has 5 heteroatoms. The third-order valence-corrected chi connectivity index (χ3v) is 8.86. The zero-order valence-electron chi connectivity index (χ0n) is 15.9. The van der Waals surface area contributed by atoms with Crippen molar-refractivity contribution in [2.75, 3.05) is 0 Å². The van der Waals surface area contributed by atoms with Crippen molar-refractivity contribution in [2.24, 2.45) is 22.7 Å². The third kappa shape index (κ3) is 1.87. The van der Waals surface area contributed by atoms with Crippen LogP contribution in [-0.2, 0) is 9.59 Å². The van der Waals surface area contributed by atoms with Crippen LogP contribution in [0.25, 0.3) is 0 Å². The van der Waals surface area contributed by atoms with Gasteiger partial charge in [0.05, 0.1) is 6.10 Å². The molecule has 0 aliphatic heterocycles. The Labute approximate surface area is 154 Å². The van der Waals surface area contributed by atoms with E-state index in [1.807, 2.05) is 13.8 Å². The van der Waals surface area contributed by atoms with E-state index in [4.69, 9.17) is 0 Å². The molecule has 0 aromatic carbocycles. The summed E-state index contributed by atoms with van der Waals surface area (Å²) in [5.74, 6) is -0.340. The topological polar surface area (TPSA) is 94.8 Å². The molecule has 26 heavy (non-hydrogen) atoms. The van der Waals surface area contributed by atoms with Crippen molar-refractivity contribution in [3.8, 4) is 0 Å². The third-order valence-electron chi connectivity index (χ3n) is 8.86. The van der Waals surface area contributed by atoms with Crippen LogP contribution in [0.15, 0.2) is 11.6 Å². The van der Waals surface area contributed by atoms with Gasteiger partial charge >= 0.3 is 0 Å². The first kappa shape index (κ1) is 18.3. The molecule has 144 valence electrons. The Morgan fingerprint density at radius 3 is 2.46 bits per heavy atom. The molecule has 7 atom stereocenters. The summed E-state index contributed by atoms with van der Waals surface area (Å²) < 4.78 is 0. The molecule has 3 saturated carbocycles. The molecule has 0 radical (unpaired) electrons.